The van der Waals surface area contributed by atoms with Crippen LogP contribution in [0.2, 0.25) is 0 Å². The van der Waals surface area contributed by atoms with Crippen molar-refractivity contribution >= 4 is 15.8 Å². The molecule has 142 valence electrons. The Kier molecular flexibility index (Phi) is 4.88. The molecule has 0 saturated heterocycles. The molecule has 1 aliphatic heterocycles. The Labute approximate surface area is 164 Å². The lowest BCUT2D eigenvalue weighted by atomic mass is 9.96. The first kappa shape index (κ1) is 18.3. The highest BCUT2D eigenvalue weighted by molar-refractivity contribution is 7.86. The number of hydrogen-bond donors (Lipinski definition) is 0. The van der Waals surface area contributed by atoms with E-state index in [9.17, 15) is 8.42 Å². The van der Waals surface area contributed by atoms with Crippen molar-refractivity contribution < 1.29 is 17.4 Å². The zero-order valence-electron chi connectivity index (χ0n) is 15.3. The molecule has 0 bridgehead atoms. The van der Waals surface area contributed by atoms with Crippen LogP contribution in [-0.2, 0) is 14.4 Å². The van der Waals surface area contributed by atoms with Crippen LogP contribution in [0.5, 0.6) is 5.75 Å². The van der Waals surface area contributed by atoms with E-state index in [4.69, 9.17) is 9.02 Å². The number of hydrogen-bond acceptors (Lipinski definition) is 5. The van der Waals surface area contributed by atoms with Gasteiger partial charge in [-0.1, -0.05) is 65.3 Å². The highest BCUT2D eigenvalue weighted by Crippen LogP contribution is 2.35. The second-order valence-electron chi connectivity index (χ2n) is 6.60. The highest BCUT2D eigenvalue weighted by atomic mass is 32.2. The van der Waals surface area contributed by atoms with Gasteiger partial charge in [-0.2, -0.15) is 8.42 Å². The summed E-state index contributed by atoms with van der Waals surface area (Å²) in [7, 11) is -3.99. The van der Waals surface area contributed by atoms with Crippen LogP contribution in [0.15, 0.2) is 88.9 Å². The van der Waals surface area contributed by atoms with Crippen molar-refractivity contribution in [2.75, 3.05) is 0 Å². The Morgan fingerprint density at radius 2 is 1.61 bits per heavy atom. The molecular weight excluding hydrogens is 374 g/mol. The molecule has 0 saturated carbocycles. The Morgan fingerprint density at radius 3 is 2.36 bits per heavy atom. The number of nitrogens with zero attached hydrogens (tertiary/aromatic N) is 1. The van der Waals surface area contributed by atoms with Gasteiger partial charge in [-0.05, 0) is 36.8 Å². The summed E-state index contributed by atoms with van der Waals surface area (Å²) in [6, 6.07) is 23.6. The second-order valence-corrected chi connectivity index (χ2v) is 8.13. The molecule has 0 amide bonds. The maximum Gasteiger partial charge on any atom is 0.358 e. The van der Waals surface area contributed by atoms with Crippen molar-refractivity contribution in [2.24, 2.45) is 5.16 Å². The summed E-state index contributed by atoms with van der Waals surface area (Å²) in [6.07, 6.45) is 0.144. The zero-order chi connectivity index (χ0) is 19.6. The first-order chi connectivity index (χ1) is 13.5. The van der Waals surface area contributed by atoms with Crippen LogP contribution in [-0.4, -0.2) is 14.1 Å². The maximum atomic E-state index is 12.5. The van der Waals surface area contributed by atoms with Crippen molar-refractivity contribution in [3.63, 3.8) is 0 Å². The van der Waals surface area contributed by atoms with Crippen molar-refractivity contribution in [1.82, 2.24) is 0 Å². The summed E-state index contributed by atoms with van der Waals surface area (Å²) < 4.78 is 36.1. The number of oxime groups is 1. The largest absolute Gasteiger partial charge is 0.485 e. The fraction of sp³-hybridized carbons (Fsp3) is 0.136. The number of para-hydroxylation sites is 1. The van der Waals surface area contributed by atoms with Crippen LogP contribution in [0.4, 0.5) is 0 Å². The minimum atomic E-state index is -3.99. The van der Waals surface area contributed by atoms with Crippen LogP contribution in [0.25, 0.3) is 0 Å². The summed E-state index contributed by atoms with van der Waals surface area (Å²) in [5.74, 6) is 0.651. The Balaban J connectivity index is 1.66. The fourth-order valence-electron chi connectivity index (χ4n) is 3.07. The molecule has 0 aromatic heterocycles. The molecule has 0 spiro atoms. The molecule has 0 N–H and O–H groups in total. The van der Waals surface area contributed by atoms with Gasteiger partial charge in [0.15, 0.2) is 0 Å². The summed E-state index contributed by atoms with van der Waals surface area (Å²) >= 11 is 0. The Morgan fingerprint density at radius 1 is 0.929 bits per heavy atom. The molecule has 28 heavy (non-hydrogen) atoms. The van der Waals surface area contributed by atoms with Gasteiger partial charge >= 0.3 is 10.1 Å². The van der Waals surface area contributed by atoms with Crippen molar-refractivity contribution in [3.8, 4) is 5.75 Å². The molecule has 1 heterocycles. The number of benzene rings is 3. The molecule has 0 unspecified atom stereocenters. The van der Waals surface area contributed by atoms with Gasteiger partial charge in [-0.3, -0.25) is 4.28 Å². The quantitative estimate of drug-likeness (QED) is 0.606. The molecule has 0 aliphatic carbocycles. The van der Waals surface area contributed by atoms with Gasteiger partial charge in [0.25, 0.3) is 0 Å². The predicted octanol–water partition coefficient (Wildman–Crippen LogP) is 4.63. The SMILES string of the molecule is Cc1ccc(S(=O)(=O)O/N=C2\C[C@@H](c3ccccc3)Oc3ccccc32)cc1. The molecule has 6 heteroatoms. The second kappa shape index (κ2) is 7.48. The molecule has 1 atom stereocenters. The average molecular weight is 393 g/mol. The maximum absolute atomic E-state index is 12.5. The molecule has 0 radical (unpaired) electrons. The van der Waals surface area contributed by atoms with Gasteiger partial charge in [0.1, 0.15) is 16.7 Å². The smallest absolute Gasteiger partial charge is 0.358 e. The van der Waals surface area contributed by atoms with E-state index >= 15 is 0 Å². The van der Waals surface area contributed by atoms with Gasteiger partial charge < -0.3 is 4.74 Å². The standard InChI is InChI=1S/C22H19NO4S/c1-16-11-13-18(14-12-16)28(24,25)27-23-20-15-22(17-7-3-2-4-8-17)26-21-10-6-5-9-19(20)21/h2-14,22H,15H2,1H3/b23-20+/t22-/m0/s1. The number of aryl methyl sites for hydroxylation is 1. The number of fused-ring (bicyclic) bond motifs is 1. The third-order valence-corrected chi connectivity index (χ3v) is 5.69. The van der Waals surface area contributed by atoms with E-state index in [-0.39, 0.29) is 11.0 Å². The lowest BCUT2D eigenvalue weighted by Crippen LogP contribution is -2.21. The van der Waals surface area contributed by atoms with Gasteiger partial charge in [0.05, 0.1) is 5.71 Å². The van der Waals surface area contributed by atoms with Gasteiger partial charge in [-0.15, -0.1) is 0 Å². The molecule has 1 aliphatic rings. The lowest BCUT2D eigenvalue weighted by molar-refractivity contribution is 0.204. The topological polar surface area (TPSA) is 65.0 Å². The minimum Gasteiger partial charge on any atom is -0.485 e. The van der Waals surface area contributed by atoms with E-state index in [0.717, 1.165) is 16.7 Å². The van der Waals surface area contributed by atoms with Crippen LogP contribution < -0.4 is 4.74 Å². The Bertz CT molecular complexity index is 1110. The third-order valence-electron chi connectivity index (χ3n) is 4.57. The highest BCUT2D eigenvalue weighted by Gasteiger charge is 2.27. The fourth-order valence-corrected chi connectivity index (χ4v) is 3.81. The Hall–Kier alpha value is -3.12. The summed E-state index contributed by atoms with van der Waals surface area (Å²) in [5.41, 5.74) is 3.22. The van der Waals surface area contributed by atoms with Gasteiger partial charge in [0.2, 0.25) is 0 Å². The van der Waals surface area contributed by atoms with Crippen molar-refractivity contribution in [1.29, 1.82) is 0 Å². The predicted molar refractivity (Wildman–Crippen MR) is 107 cm³/mol. The number of ether oxygens (including phenoxy) is 1. The molecular formula is C22H19NO4S. The van der Waals surface area contributed by atoms with E-state index in [2.05, 4.69) is 5.16 Å². The van der Waals surface area contributed by atoms with Gasteiger partial charge in [0, 0.05) is 12.0 Å². The molecule has 0 fully saturated rings. The van der Waals surface area contributed by atoms with Crippen LogP contribution in [0.1, 0.15) is 29.2 Å². The van der Waals surface area contributed by atoms with Gasteiger partial charge in [-0.25, -0.2) is 0 Å². The minimum absolute atomic E-state index is 0.0717. The normalized spacial score (nSPS) is 17.6. The van der Waals surface area contributed by atoms with E-state index in [0.29, 0.717) is 17.9 Å². The molecule has 4 rings (SSSR count). The zero-order valence-corrected chi connectivity index (χ0v) is 16.1. The number of rotatable bonds is 4. The van der Waals surface area contributed by atoms with E-state index < -0.39 is 10.1 Å². The first-order valence-corrected chi connectivity index (χ1v) is 10.3. The summed E-state index contributed by atoms with van der Waals surface area (Å²) in [4.78, 5) is 0.0717. The molecule has 3 aromatic rings. The van der Waals surface area contributed by atoms with E-state index in [1.54, 1.807) is 12.1 Å². The van der Waals surface area contributed by atoms with E-state index in [1.165, 1.54) is 12.1 Å². The third kappa shape index (κ3) is 3.77. The van der Waals surface area contributed by atoms with Crippen LogP contribution >= 0.6 is 0 Å². The molecule has 3 aromatic carbocycles. The van der Waals surface area contributed by atoms with Crippen molar-refractivity contribution in [2.45, 2.75) is 24.3 Å². The van der Waals surface area contributed by atoms with Crippen LogP contribution in [0.3, 0.4) is 0 Å². The molecule has 5 nitrogen and oxygen atoms in total. The van der Waals surface area contributed by atoms with E-state index in [1.807, 2.05) is 61.5 Å². The van der Waals surface area contributed by atoms with Crippen molar-refractivity contribution in [3.05, 3.63) is 95.6 Å². The average Bonchev–Trinajstić information content (AvgIpc) is 2.73. The first-order valence-electron chi connectivity index (χ1n) is 8.91. The summed E-state index contributed by atoms with van der Waals surface area (Å²) in [5, 5.41) is 4.02. The lowest BCUT2D eigenvalue weighted by Gasteiger charge is -2.27. The monoisotopic (exact) mass is 393 g/mol. The summed E-state index contributed by atoms with van der Waals surface area (Å²) in [6.45, 7) is 1.89. The van der Waals surface area contributed by atoms with Crippen LogP contribution in [0, 0.1) is 6.92 Å².